The number of anilines is 1. The number of rotatable bonds is 7. The minimum Gasteiger partial charge on any atom is -0.379 e. The van der Waals surface area contributed by atoms with Crippen LogP contribution in [0, 0.1) is 0 Å². The molecule has 0 amide bonds. The van der Waals surface area contributed by atoms with Crippen molar-refractivity contribution in [3.8, 4) is 0 Å². The monoisotopic (exact) mass is 459 g/mol. The molecular formula is C19H30IN3O2. The van der Waals surface area contributed by atoms with Crippen molar-refractivity contribution in [2.45, 2.75) is 38.7 Å². The van der Waals surface area contributed by atoms with E-state index in [1.54, 1.807) is 0 Å². The molecule has 1 N–H and O–H groups in total. The normalized spacial score (nSPS) is 19.6. The van der Waals surface area contributed by atoms with Gasteiger partial charge in [-0.15, -0.1) is 24.0 Å². The number of guanidine groups is 1. The van der Waals surface area contributed by atoms with Crippen LogP contribution in [0.5, 0.6) is 0 Å². The maximum Gasteiger partial charge on any atom is 0.198 e. The summed E-state index contributed by atoms with van der Waals surface area (Å²) in [5, 5.41) is 3.42. The predicted molar refractivity (Wildman–Crippen MR) is 113 cm³/mol. The number of nitrogens with one attached hydrogen (secondary N) is 1. The molecule has 1 saturated heterocycles. The number of fused-ring (bicyclic) bond motifs is 1. The van der Waals surface area contributed by atoms with Crippen molar-refractivity contribution in [1.29, 1.82) is 0 Å². The van der Waals surface area contributed by atoms with Gasteiger partial charge in [-0.1, -0.05) is 18.2 Å². The number of benzene rings is 1. The topological polar surface area (TPSA) is 46.1 Å². The number of ether oxygens (including phenoxy) is 2. The lowest BCUT2D eigenvalue weighted by Crippen LogP contribution is -2.40. The van der Waals surface area contributed by atoms with Crippen molar-refractivity contribution >= 4 is 35.6 Å². The first-order valence-electron chi connectivity index (χ1n) is 9.21. The molecule has 140 valence electrons. The molecule has 0 aliphatic carbocycles. The van der Waals surface area contributed by atoms with Gasteiger partial charge in [0.05, 0.1) is 12.7 Å². The largest absolute Gasteiger partial charge is 0.379 e. The fourth-order valence-corrected chi connectivity index (χ4v) is 3.30. The zero-order valence-corrected chi connectivity index (χ0v) is 17.4. The van der Waals surface area contributed by atoms with Crippen LogP contribution < -0.4 is 10.2 Å². The van der Waals surface area contributed by atoms with Gasteiger partial charge in [-0.2, -0.15) is 0 Å². The third-order valence-corrected chi connectivity index (χ3v) is 4.51. The van der Waals surface area contributed by atoms with Gasteiger partial charge in [-0.25, -0.2) is 0 Å². The van der Waals surface area contributed by atoms with E-state index in [-0.39, 0.29) is 24.0 Å². The molecule has 1 unspecified atom stereocenters. The summed E-state index contributed by atoms with van der Waals surface area (Å²) >= 11 is 0. The summed E-state index contributed by atoms with van der Waals surface area (Å²) in [6.07, 6.45) is 4.65. The Hall–Kier alpha value is -0.860. The van der Waals surface area contributed by atoms with E-state index < -0.39 is 0 Å². The highest BCUT2D eigenvalue weighted by Gasteiger charge is 2.22. The van der Waals surface area contributed by atoms with Gasteiger partial charge in [-0.3, -0.25) is 4.99 Å². The van der Waals surface area contributed by atoms with Crippen molar-refractivity contribution in [3.05, 3.63) is 29.8 Å². The maximum absolute atomic E-state index is 5.71. The lowest BCUT2D eigenvalue weighted by molar-refractivity contribution is 0.0171. The van der Waals surface area contributed by atoms with Gasteiger partial charge in [0, 0.05) is 38.5 Å². The zero-order valence-electron chi connectivity index (χ0n) is 15.1. The molecule has 3 rings (SSSR count). The highest BCUT2D eigenvalue weighted by Crippen LogP contribution is 2.27. The van der Waals surface area contributed by atoms with Crippen LogP contribution in [-0.2, 0) is 15.9 Å². The van der Waals surface area contributed by atoms with Gasteiger partial charge in [0.15, 0.2) is 5.96 Å². The first-order chi connectivity index (χ1) is 11.9. The summed E-state index contributed by atoms with van der Waals surface area (Å²) in [5.41, 5.74) is 2.69. The van der Waals surface area contributed by atoms with Crippen LogP contribution in [0.15, 0.2) is 29.3 Å². The molecule has 0 bridgehead atoms. The van der Waals surface area contributed by atoms with Gasteiger partial charge in [0.1, 0.15) is 0 Å². The van der Waals surface area contributed by atoms with Crippen molar-refractivity contribution in [3.63, 3.8) is 0 Å². The van der Waals surface area contributed by atoms with Crippen molar-refractivity contribution in [2.75, 3.05) is 44.4 Å². The fraction of sp³-hybridized carbons (Fsp3) is 0.632. The molecule has 1 atom stereocenters. The first-order valence-corrected chi connectivity index (χ1v) is 9.21. The summed E-state index contributed by atoms with van der Waals surface area (Å²) in [5.74, 6) is 0.988. The molecule has 6 heteroatoms. The summed E-state index contributed by atoms with van der Waals surface area (Å²) < 4.78 is 11.3. The van der Waals surface area contributed by atoms with Crippen LogP contribution in [0.2, 0.25) is 0 Å². The molecule has 2 heterocycles. The second-order valence-corrected chi connectivity index (χ2v) is 6.33. The Morgan fingerprint density at radius 2 is 2.28 bits per heavy atom. The molecule has 2 aliphatic heterocycles. The first kappa shape index (κ1) is 20.5. The zero-order chi connectivity index (χ0) is 16.6. The Balaban J connectivity index is 0.00000225. The lowest BCUT2D eigenvalue weighted by atomic mass is 10.2. The summed E-state index contributed by atoms with van der Waals surface area (Å²) in [4.78, 5) is 7.08. The second-order valence-electron chi connectivity index (χ2n) is 6.33. The third-order valence-electron chi connectivity index (χ3n) is 4.51. The molecule has 2 aliphatic rings. The number of aliphatic imine (C=N–C) groups is 1. The van der Waals surface area contributed by atoms with Gasteiger partial charge in [0.2, 0.25) is 0 Å². The van der Waals surface area contributed by atoms with Crippen LogP contribution >= 0.6 is 24.0 Å². The number of para-hydroxylation sites is 1. The molecule has 0 spiro atoms. The Morgan fingerprint density at radius 3 is 3.08 bits per heavy atom. The van der Waals surface area contributed by atoms with E-state index in [1.165, 1.54) is 17.7 Å². The standard InChI is InChI=1S/C19H29N3O2.HI/c1-2-20-19(22-12-10-16-7-3-4-9-18(16)22)21-11-6-13-23-15-17-8-5-14-24-17;/h3-4,7,9,17H,2,5-6,8,10-15H2,1H3,(H,20,21);1H. The van der Waals surface area contributed by atoms with E-state index in [4.69, 9.17) is 14.5 Å². The highest BCUT2D eigenvalue weighted by molar-refractivity contribution is 14.0. The van der Waals surface area contributed by atoms with Crippen LogP contribution in [0.3, 0.4) is 0 Å². The predicted octanol–water partition coefficient (Wildman–Crippen LogP) is 3.22. The minimum atomic E-state index is 0. The number of hydrogen-bond donors (Lipinski definition) is 1. The SMILES string of the molecule is CCNC(=NCCCOCC1CCCO1)N1CCc2ccccc21.I. The number of halogens is 1. The summed E-state index contributed by atoms with van der Waals surface area (Å²) in [6.45, 7) is 7.15. The van der Waals surface area contributed by atoms with Gasteiger partial charge < -0.3 is 19.7 Å². The van der Waals surface area contributed by atoms with Crippen molar-refractivity contribution in [2.24, 2.45) is 4.99 Å². The van der Waals surface area contributed by atoms with E-state index in [2.05, 4.69) is 41.4 Å². The Kier molecular flexibility index (Phi) is 8.98. The number of hydrogen-bond acceptors (Lipinski definition) is 3. The Labute approximate surface area is 168 Å². The quantitative estimate of drug-likeness (QED) is 0.295. The second kappa shape index (κ2) is 11.0. The summed E-state index contributed by atoms with van der Waals surface area (Å²) in [7, 11) is 0. The van der Waals surface area contributed by atoms with Crippen LogP contribution in [0.4, 0.5) is 5.69 Å². The van der Waals surface area contributed by atoms with E-state index >= 15 is 0 Å². The van der Waals surface area contributed by atoms with Crippen LogP contribution in [-0.4, -0.2) is 51.5 Å². The maximum atomic E-state index is 5.71. The van der Waals surface area contributed by atoms with Crippen LogP contribution in [0.1, 0.15) is 31.7 Å². The third kappa shape index (κ3) is 5.82. The summed E-state index contributed by atoms with van der Waals surface area (Å²) in [6, 6.07) is 8.59. The van der Waals surface area contributed by atoms with Crippen LogP contribution in [0.25, 0.3) is 0 Å². The number of nitrogens with zero attached hydrogens (tertiary/aromatic N) is 2. The minimum absolute atomic E-state index is 0. The average Bonchev–Trinajstić information content (AvgIpc) is 3.26. The molecule has 5 nitrogen and oxygen atoms in total. The smallest absolute Gasteiger partial charge is 0.198 e. The molecule has 1 fully saturated rings. The molecule has 1 aromatic carbocycles. The lowest BCUT2D eigenvalue weighted by Gasteiger charge is -2.22. The van der Waals surface area contributed by atoms with Crippen molar-refractivity contribution < 1.29 is 9.47 Å². The average molecular weight is 459 g/mol. The fourth-order valence-electron chi connectivity index (χ4n) is 3.30. The Bertz CT molecular complexity index is 547. The molecule has 0 saturated carbocycles. The van der Waals surface area contributed by atoms with E-state index in [0.717, 1.165) is 64.7 Å². The molecule has 1 aromatic rings. The molecule has 0 radical (unpaired) electrons. The van der Waals surface area contributed by atoms with E-state index in [1.807, 2.05) is 0 Å². The molecular weight excluding hydrogens is 429 g/mol. The van der Waals surface area contributed by atoms with Gasteiger partial charge >= 0.3 is 0 Å². The van der Waals surface area contributed by atoms with E-state index in [0.29, 0.717) is 6.10 Å². The Morgan fingerprint density at radius 1 is 1.40 bits per heavy atom. The van der Waals surface area contributed by atoms with Gasteiger partial charge in [0.25, 0.3) is 0 Å². The highest BCUT2D eigenvalue weighted by atomic mass is 127. The van der Waals surface area contributed by atoms with Crippen molar-refractivity contribution in [1.82, 2.24) is 5.32 Å². The van der Waals surface area contributed by atoms with Gasteiger partial charge in [-0.05, 0) is 44.2 Å². The molecule has 25 heavy (non-hydrogen) atoms. The molecule has 0 aromatic heterocycles. The van der Waals surface area contributed by atoms with E-state index in [9.17, 15) is 0 Å².